The van der Waals surface area contributed by atoms with Gasteiger partial charge in [-0.3, -0.25) is 4.79 Å². The number of amides is 1. The molecule has 6 heteroatoms. The normalized spacial score (nSPS) is 9.70. The molecule has 0 aliphatic carbocycles. The van der Waals surface area contributed by atoms with Crippen molar-refractivity contribution in [1.29, 1.82) is 0 Å². The van der Waals surface area contributed by atoms with Crippen LogP contribution in [0.5, 0.6) is 0 Å². The number of aliphatic hydroxyl groups excluding tert-OH is 1. The summed E-state index contributed by atoms with van der Waals surface area (Å²) in [6, 6.07) is 1.92. The molecule has 20 heavy (non-hydrogen) atoms. The lowest BCUT2D eigenvalue weighted by atomic mass is 10.2. The van der Waals surface area contributed by atoms with Crippen LogP contribution in [0.1, 0.15) is 20.8 Å². The van der Waals surface area contributed by atoms with Gasteiger partial charge in [0.25, 0.3) is 5.91 Å². The Kier molecular flexibility index (Phi) is 4.82. The fraction of sp³-hybridized carbons (Fsp3) is 0.214. The maximum absolute atomic E-state index is 12.1. The van der Waals surface area contributed by atoms with E-state index in [-0.39, 0.29) is 12.5 Å². The first-order chi connectivity index (χ1) is 9.70. The lowest BCUT2D eigenvalue weighted by Gasteiger charge is -2.15. The SMILES string of the molecule is CN(Cc1csc(C#CCO)c1)C(=O)c1cncnc1. The molecule has 0 aliphatic rings. The van der Waals surface area contributed by atoms with Crippen molar-refractivity contribution in [3.8, 4) is 11.8 Å². The molecule has 1 N–H and O–H groups in total. The molecule has 0 bridgehead atoms. The molecule has 2 rings (SSSR count). The van der Waals surface area contributed by atoms with E-state index in [1.807, 2.05) is 11.4 Å². The summed E-state index contributed by atoms with van der Waals surface area (Å²) in [5.74, 6) is 5.32. The third-order valence-corrected chi connectivity index (χ3v) is 3.41. The van der Waals surface area contributed by atoms with Crippen LogP contribution in [0.4, 0.5) is 0 Å². The van der Waals surface area contributed by atoms with Crippen LogP contribution in [-0.2, 0) is 6.54 Å². The first-order valence-corrected chi connectivity index (χ1v) is 6.76. The summed E-state index contributed by atoms with van der Waals surface area (Å²) >= 11 is 1.49. The Balaban J connectivity index is 2.02. The molecule has 2 aromatic rings. The van der Waals surface area contributed by atoms with E-state index in [9.17, 15) is 4.79 Å². The molecular weight excluding hydrogens is 274 g/mol. The molecule has 5 nitrogen and oxygen atoms in total. The van der Waals surface area contributed by atoms with Gasteiger partial charge in [-0.1, -0.05) is 11.8 Å². The Hall–Kier alpha value is -2.23. The highest BCUT2D eigenvalue weighted by Crippen LogP contribution is 2.15. The lowest BCUT2D eigenvalue weighted by molar-refractivity contribution is 0.0784. The van der Waals surface area contributed by atoms with Crippen LogP contribution in [0.2, 0.25) is 0 Å². The predicted molar refractivity (Wildman–Crippen MR) is 76.1 cm³/mol. The van der Waals surface area contributed by atoms with Crippen molar-refractivity contribution in [1.82, 2.24) is 14.9 Å². The lowest BCUT2D eigenvalue weighted by Crippen LogP contribution is -2.26. The smallest absolute Gasteiger partial charge is 0.257 e. The van der Waals surface area contributed by atoms with Crippen molar-refractivity contribution in [3.63, 3.8) is 0 Å². The van der Waals surface area contributed by atoms with Crippen molar-refractivity contribution in [3.05, 3.63) is 46.2 Å². The van der Waals surface area contributed by atoms with Gasteiger partial charge in [-0.15, -0.1) is 11.3 Å². The Labute approximate surface area is 120 Å². The standard InChI is InChI=1S/C14H13N3O2S/c1-17(14(19)12-6-15-10-16-7-12)8-11-5-13(20-9-11)3-2-4-18/h5-7,9-10,18H,4,8H2,1H3. The van der Waals surface area contributed by atoms with Gasteiger partial charge in [0, 0.05) is 26.0 Å². The highest BCUT2D eigenvalue weighted by atomic mass is 32.1. The van der Waals surface area contributed by atoms with E-state index in [1.165, 1.54) is 30.1 Å². The van der Waals surface area contributed by atoms with Crippen molar-refractivity contribution in [2.24, 2.45) is 0 Å². The van der Waals surface area contributed by atoms with Crippen LogP contribution in [0.3, 0.4) is 0 Å². The number of hydrogen-bond donors (Lipinski definition) is 1. The Morgan fingerprint density at radius 3 is 2.90 bits per heavy atom. The minimum absolute atomic E-state index is 0.125. The van der Waals surface area contributed by atoms with Crippen LogP contribution < -0.4 is 0 Å². The second kappa shape index (κ2) is 6.80. The number of rotatable bonds is 3. The molecular formula is C14H13N3O2S. The van der Waals surface area contributed by atoms with Crippen molar-refractivity contribution < 1.29 is 9.90 Å². The Morgan fingerprint density at radius 1 is 1.45 bits per heavy atom. The van der Waals surface area contributed by atoms with Gasteiger partial charge in [0.05, 0.1) is 10.4 Å². The molecule has 0 atom stereocenters. The number of aromatic nitrogens is 2. The Bertz CT molecular complexity index is 643. The van der Waals surface area contributed by atoms with Crippen molar-refractivity contribution in [2.45, 2.75) is 6.54 Å². The number of aliphatic hydroxyl groups is 1. The molecule has 0 fully saturated rings. The van der Waals surface area contributed by atoms with Crippen LogP contribution in [0.25, 0.3) is 0 Å². The summed E-state index contributed by atoms with van der Waals surface area (Å²) in [4.78, 5) is 22.3. The molecule has 0 spiro atoms. The highest BCUT2D eigenvalue weighted by molar-refractivity contribution is 7.10. The van der Waals surface area contributed by atoms with Crippen molar-refractivity contribution in [2.75, 3.05) is 13.7 Å². The molecule has 2 heterocycles. The minimum Gasteiger partial charge on any atom is -0.384 e. The largest absolute Gasteiger partial charge is 0.384 e. The third kappa shape index (κ3) is 3.63. The summed E-state index contributed by atoms with van der Waals surface area (Å²) in [5.41, 5.74) is 1.47. The summed E-state index contributed by atoms with van der Waals surface area (Å²) in [6.07, 6.45) is 4.39. The second-order valence-corrected chi connectivity index (χ2v) is 4.98. The number of thiophene rings is 1. The minimum atomic E-state index is -0.153. The summed E-state index contributed by atoms with van der Waals surface area (Å²) in [7, 11) is 1.73. The van der Waals surface area contributed by atoms with Crippen LogP contribution >= 0.6 is 11.3 Å². The fourth-order valence-electron chi connectivity index (χ4n) is 1.63. The first-order valence-electron chi connectivity index (χ1n) is 5.88. The molecule has 1 amide bonds. The average molecular weight is 287 g/mol. The van der Waals surface area contributed by atoms with E-state index >= 15 is 0 Å². The van der Waals surface area contributed by atoms with E-state index in [0.717, 1.165) is 10.4 Å². The van der Waals surface area contributed by atoms with Gasteiger partial charge in [0.2, 0.25) is 0 Å². The maximum Gasteiger partial charge on any atom is 0.257 e. The molecule has 102 valence electrons. The zero-order valence-electron chi connectivity index (χ0n) is 10.9. The second-order valence-electron chi connectivity index (χ2n) is 4.07. The molecule has 0 aromatic carbocycles. The van der Waals surface area contributed by atoms with Crippen LogP contribution in [0, 0.1) is 11.8 Å². The number of nitrogens with zero attached hydrogens (tertiary/aromatic N) is 3. The summed E-state index contributed by atoms with van der Waals surface area (Å²) in [5, 5.41) is 10.6. The van der Waals surface area contributed by atoms with Gasteiger partial charge < -0.3 is 10.0 Å². The van der Waals surface area contributed by atoms with E-state index in [2.05, 4.69) is 21.8 Å². The maximum atomic E-state index is 12.1. The zero-order valence-corrected chi connectivity index (χ0v) is 11.7. The highest BCUT2D eigenvalue weighted by Gasteiger charge is 2.13. The van der Waals surface area contributed by atoms with Gasteiger partial charge >= 0.3 is 0 Å². The van der Waals surface area contributed by atoms with E-state index in [4.69, 9.17) is 5.11 Å². The quantitative estimate of drug-likeness (QED) is 0.860. The van der Waals surface area contributed by atoms with Gasteiger partial charge in [0.15, 0.2) is 0 Å². The molecule has 0 radical (unpaired) electrons. The topological polar surface area (TPSA) is 66.3 Å². The van der Waals surface area contributed by atoms with Gasteiger partial charge in [0.1, 0.15) is 12.9 Å². The Morgan fingerprint density at radius 2 is 2.20 bits per heavy atom. The molecule has 2 aromatic heterocycles. The van der Waals surface area contributed by atoms with Gasteiger partial charge in [-0.2, -0.15) is 0 Å². The fourth-order valence-corrected chi connectivity index (χ4v) is 2.40. The van der Waals surface area contributed by atoms with Gasteiger partial charge in [-0.25, -0.2) is 9.97 Å². The van der Waals surface area contributed by atoms with Crippen LogP contribution in [0.15, 0.2) is 30.2 Å². The van der Waals surface area contributed by atoms with Crippen molar-refractivity contribution >= 4 is 17.2 Å². The van der Waals surface area contributed by atoms with Gasteiger partial charge in [-0.05, 0) is 17.0 Å². The monoisotopic (exact) mass is 287 g/mol. The van der Waals surface area contributed by atoms with E-state index in [0.29, 0.717) is 12.1 Å². The number of hydrogen-bond acceptors (Lipinski definition) is 5. The average Bonchev–Trinajstić information content (AvgIpc) is 2.92. The van der Waals surface area contributed by atoms with E-state index in [1.54, 1.807) is 11.9 Å². The third-order valence-electron chi connectivity index (χ3n) is 2.52. The first kappa shape index (κ1) is 14.2. The molecule has 0 saturated heterocycles. The number of carbonyl (C=O) groups excluding carboxylic acids is 1. The summed E-state index contributed by atoms with van der Waals surface area (Å²) < 4.78 is 0. The molecule has 0 aliphatic heterocycles. The van der Waals surface area contributed by atoms with Crippen LogP contribution in [-0.4, -0.2) is 39.5 Å². The summed E-state index contributed by atoms with van der Waals surface area (Å²) in [6.45, 7) is 0.338. The predicted octanol–water partition coefficient (Wildman–Crippen LogP) is 1.15. The molecule has 0 saturated carbocycles. The molecule has 0 unspecified atom stereocenters. The number of carbonyl (C=O) groups is 1. The van der Waals surface area contributed by atoms with E-state index < -0.39 is 0 Å². The zero-order chi connectivity index (χ0) is 14.4.